The average Bonchev–Trinajstić information content (AvgIpc) is 2.44. The summed E-state index contributed by atoms with van der Waals surface area (Å²) in [4.78, 5) is 11.6. The first-order valence-electron chi connectivity index (χ1n) is 6.90. The maximum atomic E-state index is 11.6. The molecule has 1 fully saturated rings. The van der Waals surface area contributed by atoms with Gasteiger partial charge in [0.2, 0.25) is 0 Å². The highest BCUT2D eigenvalue weighted by Crippen LogP contribution is 2.29. The van der Waals surface area contributed by atoms with E-state index in [1.165, 1.54) is 5.57 Å². The molecule has 19 heavy (non-hydrogen) atoms. The lowest BCUT2D eigenvalue weighted by Gasteiger charge is -2.44. The molecule has 0 saturated carbocycles. The zero-order valence-corrected chi connectivity index (χ0v) is 11.1. The summed E-state index contributed by atoms with van der Waals surface area (Å²) >= 11 is 0. The van der Waals surface area contributed by atoms with Gasteiger partial charge >= 0.3 is 0 Å². The number of nitrogens with one attached hydrogen (secondary N) is 3. The van der Waals surface area contributed by atoms with Gasteiger partial charge in [0, 0.05) is 19.2 Å². The van der Waals surface area contributed by atoms with Crippen LogP contribution in [0.15, 0.2) is 35.7 Å². The van der Waals surface area contributed by atoms with Crippen LogP contribution in [0.5, 0.6) is 0 Å². The van der Waals surface area contributed by atoms with E-state index in [9.17, 15) is 4.79 Å². The molecular formula is C14H20N4O. The molecule has 0 radical (unpaired) electrons. The number of hydrogen-bond donors (Lipinski definition) is 3. The Morgan fingerprint density at radius 2 is 2.42 bits per heavy atom. The minimum absolute atomic E-state index is 0.131. The van der Waals surface area contributed by atoms with Gasteiger partial charge in [0.15, 0.2) is 5.78 Å². The summed E-state index contributed by atoms with van der Waals surface area (Å²) in [5.74, 6) is 0.260. The van der Waals surface area contributed by atoms with E-state index < -0.39 is 0 Å². The van der Waals surface area contributed by atoms with Crippen molar-refractivity contribution >= 4 is 5.78 Å². The van der Waals surface area contributed by atoms with Crippen molar-refractivity contribution < 1.29 is 4.79 Å². The highest BCUT2D eigenvalue weighted by molar-refractivity contribution is 5.85. The molecule has 2 unspecified atom stereocenters. The third-order valence-corrected chi connectivity index (χ3v) is 3.69. The second-order valence-electron chi connectivity index (χ2n) is 5.14. The maximum absolute atomic E-state index is 11.6. The standard InChI is InChI=1S/C14H20N4O/c1-2-5-17-18-9-10-7-11(19)8-16-13(10)12-4-3-6-15-14(12)18/h3-4,6,9,13-17H,2,5,7-8H2,1H3. The molecule has 3 aliphatic rings. The van der Waals surface area contributed by atoms with E-state index in [4.69, 9.17) is 0 Å². The minimum Gasteiger partial charge on any atom is -0.367 e. The van der Waals surface area contributed by atoms with Crippen LogP contribution in [0.4, 0.5) is 0 Å². The number of ketones is 1. The smallest absolute Gasteiger partial charge is 0.150 e. The van der Waals surface area contributed by atoms with E-state index in [1.807, 2.05) is 12.3 Å². The largest absolute Gasteiger partial charge is 0.367 e. The molecule has 1 saturated heterocycles. The number of nitrogens with zero attached hydrogens (tertiary/aromatic N) is 1. The molecule has 0 aromatic rings. The first kappa shape index (κ1) is 12.4. The summed E-state index contributed by atoms with van der Waals surface area (Å²) in [7, 11) is 0. The average molecular weight is 260 g/mol. The summed E-state index contributed by atoms with van der Waals surface area (Å²) in [6.07, 6.45) is 9.95. The van der Waals surface area contributed by atoms with Crippen molar-refractivity contribution in [2.24, 2.45) is 0 Å². The van der Waals surface area contributed by atoms with E-state index in [2.05, 4.69) is 40.3 Å². The lowest BCUT2D eigenvalue weighted by atomic mass is 9.86. The number of dihydropyridines is 1. The molecule has 0 aliphatic carbocycles. The Balaban J connectivity index is 1.89. The molecule has 0 amide bonds. The van der Waals surface area contributed by atoms with Crippen LogP contribution in [-0.4, -0.2) is 36.1 Å². The van der Waals surface area contributed by atoms with Gasteiger partial charge in [0.1, 0.15) is 6.17 Å². The van der Waals surface area contributed by atoms with Crippen molar-refractivity contribution in [3.63, 3.8) is 0 Å². The molecule has 0 aromatic carbocycles. The number of allylic oxidation sites excluding steroid dienone is 2. The maximum Gasteiger partial charge on any atom is 0.150 e. The van der Waals surface area contributed by atoms with Gasteiger partial charge in [-0.15, -0.1) is 0 Å². The van der Waals surface area contributed by atoms with Crippen LogP contribution < -0.4 is 16.1 Å². The van der Waals surface area contributed by atoms with Gasteiger partial charge in [0.05, 0.1) is 12.6 Å². The first-order valence-corrected chi connectivity index (χ1v) is 6.90. The van der Waals surface area contributed by atoms with Crippen molar-refractivity contribution in [2.45, 2.75) is 32.0 Å². The van der Waals surface area contributed by atoms with Crippen LogP contribution in [0, 0.1) is 0 Å². The van der Waals surface area contributed by atoms with Crippen molar-refractivity contribution in [2.75, 3.05) is 13.1 Å². The Hall–Kier alpha value is -1.59. The van der Waals surface area contributed by atoms with E-state index in [1.54, 1.807) is 0 Å². The molecular weight excluding hydrogens is 240 g/mol. The fourth-order valence-electron chi connectivity index (χ4n) is 2.81. The first-order chi connectivity index (χ1) is 9.29. The van der Waals surface area contributed by atoms with Crippen LogP contribution in [-0.2, 0) is 4.79 Å². The number of hydrazine groups is 1. The Morgan fingerprint density at radius 1 is 1.53 bits per heavy atom. The lowest BCUT2D eigenvalue weighted by Crippen LogP contribution is -2.59. The van der Waals surface area contributed by atoms with Crippen molar-refractivity contribution in [1.82, 2.24) is 21.1 Å². The van der Waals surface area contributed by atoms with E-state index >= 15 is 0 Å². The van der Waals surface area contributed by atoms with Gasteiger partial charge in [-0.2, -0.15) is 0 Å². The van der Waals surface area contributed by atoms with Crippen LogP contribution >= 0.6 is 0 Å². The molecule has 3 heterocycles. The molecule has 0 aromatic heterocycles. The van der Waals surface area contributed by atoms with Gasteiger partial charge in [-0.3, -0.25) is 15.1 Å². The van der Waals surface area contributed by atoms with E-state index in [0.717, 1.165) is 18.5 Å². The highest BCUT2D eigenvalue weighted by Gasteiger charge is 2.36. The van der Waals surface area contributed by atoms with Gasteiger partial charge in [0.25, 0.3) is 0 Å². The van der Waals surface area contributed by atoms with Crippen LogP contribution in [0.1, 0.15) is 19.8 Å². The molecule has 3 aliphatic heterocycles. The summed E-state index contributed by atoms with van der Waals surface area (Å²) in [6.45, 7) is 3.53. The second-order valence-corrected chi connectivity index (χ2v) is 5.14. The fraction of sp³-hybridized carbons (Fsp3) is 0.500. The van der Waals surface area contributed by atoms with E-state index in [-0.39, 0.29) is 18.0 Å². The number of fused-ring (bicyclic) bond motifs is 3. The monoisotopic (exact) mass is 260 g/mol. The molecule has 3 N–H and O–H groups in total. The molecule has 0 spiro atoms. The molecule has 3 rings (SSSR count). The third kappa shape index (κ3) is 2.31. The van der Waals surface area contributed by atoms with Gasteiger partial charge in [-0.25, -0.2) is 5.43 Å². The predicted molar refractivity (Wildman–Crippen MR) is 73.8 cm³/mol. The lowest BCUT2D eigenvalue weighted by molar-refractivity contribution is -0.118. The number of piperidine rings is 1. The SMILES string of the molecule is CCCNN1C=C2CC(=O)CNC2C2=CC=CNC21. The number of carbonyl (C=O) groups is 1. The number of rotatable bonds is 3. The van der Waals surface area contributed by atoms with Crippen molar-refractivity contribution in [1.29, 1.82) is 0 Å². The Labute approximate surface area is 113 Å². The topological polar surface area (TPSA) is 56.4 Å². The van der Waals surface area contributed by atoms with Crippen LogP contribution in [0.25, 0.3) is 0 Å². The predicted octanol–water partition coefficient (Wildman–Crippen LogP) is 0.401. The quantitative estimate of drug-likeness (QED) is 0.686. The summed E-state index contributed by atoms with van der Waals surface area (Å²) < 4.78 is 0. The Bertz CT molecular complexity index is 466. The summed E-state index contributed by atoms with van der Waals surface area (Å²) in [6, 6.07) is 0.194. The van der Waals surface area contributed by atoms with Crippen molar-refractivity contribution in [3.05, 3.63) is 35.7 Å². The van der Waals surface area contributed by atoms with Gasteiger partial charge in [-0.05, 0) is 29.8 Å². The Morgan fingerprint density at radius 3 is 3.26 bits per heavy atom. The minimum atomic E-state index is 0.131. The second kappa shape index (κ2) is 5.19. The molecule has 102 valence electrons. The van der Waals surface area contributed by atoms with Crippen molar-refractivity contribution in [3.8, 4) is 0 Å². The summed E-state index contributed by atoms with van der Waals surface area (Å²) in [5.41, 5.74) is 5.83. The molecule has 5 nitrogen and oxygen atoms in total. The van der Waals surface area contributed by atoms with E-state index in [0.29, 0.717) is 13.0 Å². The zero-order valence-electron chi connectivity index (χ0n) is 11.1. The molecule has 2 atom stereocenters. The van der Waals surface area contributed by atoms with Crippen LogP contribution in [0.3, 0.4) is 0 Å². The summed E-state index contributed by atoms with van der Waals surface area (Å²) in [5, 5.41) is 8.79. The highest BCUT2D eigenvalue weighted by atomic mass is 16.1. The zero-order chi connectivity index (χ0) is 13.2. The fourth-order valence-corrected chi connectivity index (χ4v) is 2.81. The number of Topliss-reactive ketones (excluding diaryl/α,β-unsaturated/α-hetero) is 1. The normalized spacial score (nSPS) is 29.1. The Kier molecular flexibility index (Phi) is 3.40. The van der Waals surface area contributed by atoms with Gasteiger partial charge < -0.3 is 5.32 Å². The molecule has 0 bridgehead atoms. The van der Waals surface area contributed by atoms with Gasteiger partial charge in [-0.1, -0.05) is 13.0 Å². The third-order valence-electron chi connectivity index (χ3n) is 3.69. The molecule has 5 heteroatoms. The number of hydrogen-bond acceptors (Lipinski definition) is 5. The van der Waals surface area contributed by atoms with Crippen LogP contribution in [0.2, 0.25) is 0 Å². The number of carbonyl (C=O) groups excluding carboxylic acids is 1.